The number of hydrogen-bond donors (Lipinski definition) is 1. The van der Waals surface area contributed by atoms with Crippen molar-refractivity contribution in [3.8, 4) is 0 Å². The smallest absolute Gasteiger partial charge is 0.308 e. The number of rotatable bonds is 3. The summed E-state index contributed by atoms with van der Waals surface area (Å²) in [5, 5.41) is 10.5. The molecule has 4 atom stereocenters. The fourth-order valence-corrected chi connectivity index (χ4v) is 2.58. The van der Waals surface area contributed by atoms with Crippen molar-refractivity contribution in [3.05, 3.63) is 0 Å². The van der Waals surface area contributed by atoms with Crippen LogP contribution in [0.25, 0.3) is 0 Å². The van der Waals surface area contributed by atoms with Gasteiger partial charge in [0.05, 0.1) is 25.7 Å². The summed E-state index contributed by atoms with van der Waals surface area (Å²) in [6.07, 6.45) is 1.06. The van der Waals surface area contributed by atoms with Crippen molar-refractivity contribution in [1.82, 2.24) is 0 Å². The van der Waals surface area contributed by atoms with E-state index in [0.29, 0.717) is 6.42 Å². The molecule has 92 valence electrons. The summed E-state index contributed by atoms with van der Waals surface area (Å²) in [5.41, 5.74) is -1.79. The van der Waals surface area contributed by atoms with E-state index in [0.717, 1.165) is 6.42 Å². The second kappa shape index (κ2) is 3.68. The normalized spacial score (nSPS) is 46.0. The molecule has 0 spiro atoms. The number of carbonyl (C=O) groups excluding carboxylic acids is 1. The van der Waals surface area contributed by atoms with E-state index in [2.05, 4.69) is 4.74 Å². The monoisotopic (exact) mass is 230 g/mol. The average molecular weight is 230 g/mol. The van der Waals surface area contributed by atoms with Crippen molar-refractivity contribution in [2.75, 3.05) is 14.2 Å². The van der Waals surface area contributed by atoms with Gasteiger partial charge in [-0.2, -0.15) is 0 Å². The number of ether oxygens (including phenoxy) is 3. The van der Waals surface area contributed by atoms with Crippen molar-refractivity contribution in [1.29, 1.82) is 0 Å². The maximum absolute atomic E-state index is 11.3. The maximum Gasteiger partial charge on any atom is 0.308 e. The van der Waals surface area contributed by atoms with Gasteiger partial charge in [-0.1, -0.05) is 0 Å². The fourth-order valence-electron chi connectivity index (χ4n) is 2.58. The third kappa shape index (κ3) is 1.63. The summed E-state index contributed by atoms with van der Waals surface area (Å²) in [5.74, 6) is -0.422. The molecule has 0 radical (unpaired) electrons. The second-order valence-electron chi connectivity index (χ2n) is 4.80. The molecule has 1 saturated heterocycles. The van der Waals surface area contributed by atoms with E-state index >= 15 is 0 Å². The van der Waals surface area contributed by atoms with E-state index in [4.69, 9.17) is 9.47 Å². The van der Waals surface area contributed by atoms with Crippen molar-refractivity contribution >= 4 is 5.97 Å². The molecule has 0 aromatic heterocycles. The van der Waals surface area contributed by atoms with Gasteiger partial charge >= 0.3 is 5.97 Å². The number of methoxy groups -OCH3 is 2. The van der Waals surface area contributed by atoms with E-state index in [1.165, 1.54) is 7.11 Å². The van der Waals surface area contributed by atoms with Crippen molar-refractivity contribution in [3.63, 3.8) is 0 Å². The first-order valence-electron chi connectivity index (χ1n) is 5.45. The first-order valence-corrected chi connectivity index (χ1v) is 5.45. The molecular formula is C11H18O5. The Morgan fingerprint density at radius 1 is 1.56 bits per heavy atom. The maximum atomic E-state index is 11.3. The molecule has 1 aliphatic carbocycles. The largest absolute Gasteiger partial charge is 0.469 e. The van der Waals surface area contributed by atoms with Crippen LogP contribution in [0.15, 0.2) is 0 Å². The molecule has 1 aliphatic heterocycles. The predicted octanol–water partition coefficient (Wildman–Crippen LogP) is 0.247. The summed E-state index contributed by atoms with van der Waals surface area (Å²) in [6, 6.07) is 0. The second-order valence-corrected chi connectivity index (χ2v) is 4.80. The molecule has 1 heterocycles. The highest BCUT2D eigenvalue weighted by Crippen LogP contribution is 2.55. The Hall–Kier alpha value is -0.650. The number of hydrogen-bond acceptors (Lipinski definition) is 5. The highest BCUT2D eigenvalue weighted by molar-refractivity contribution is 5.71. The van der Waals surface area contributed by atoms with Crippen LogP contribution in [0.4, 0.5) is 0 Å². The van der Waals surface area contributed by atoms with Gasteiger partial charge in [-0.3, -0.25) is 4.79 Å². The Bertz CT molecular complexity index is 305. The van der Waals surface area contributed by atoms with Crippen LogP contribution in [-0.4, -0.2) is 48.7 Å². The Balaban J connectivity index is 2.13. The van der Waals surface area contributed by atoms with Gasteiger partial charge in [0.1, 0.15) is 11.2 Å². The van der Waals surface area contributed by atoms with E-state index in [-0.39, 0.29) is 18.6 Å². The molecule has 2 fully saturated rings. The van der Waals surface area contributed by atoms with E-state index in [1.54, 1.807) is 7.11 Å². The lowest BCUT2D eigenvalue weighted by Gasteiger charge is -2.37. The van der Waals surface area contributed by atoms with E-state index in [9.17, 15) is 9.90 Å². The highest BCUT2D eigenvalue weighted by Gasteiger charge is 2.69. The van der Waals surface area contributed by atoms with E-state index < -0.39 is 17.2 Å². The molecule has 5 nitrogen and oxygen atoms in total. The molecule has 2 aliphatic rings. The van der Waals surface area contributed by atoms with Gasteiger partial charge in [-0.25, -0.2) is 0 Å². The third-order valence-electron chi connectivity index (χ3n) is 3.91. The summed E-state index contributed by atoms with van der Waals surface area (Å²) in [4.78, 5) is 11.3. The number of esters is 1. The lowest BCUT2D eigenvalue weighted by atomic mass is 9.73. The number of carbonyl (C=O) groups is 1. The zero-order valence-electron chi connectivity index (χ0n) is 9.86. The molecule has 0 bridgehead atoms. The van der Waals surface area contributed by atoms with Gasteiger partial charge in [-0.05, 0) is 6.92 Å². The Labute approximate surface area is 94.7 Å². The molecule has 0 amide bonds. The minimum absolute atomic E-state index is 0.0131. The quantitative estimate of drug-likeness (QED) is 0.556. The Morgan fingerprint density at radius 2 is 2.25 bits per heavy atom. The highest BCUT2D eigenvalue weighted by atomic mass is 16.6. The molecule has 1 N–H and O–H groups in total. The van der Waals surface area contributed by atoms with Gasteiger partial charge < -0.3 is 19.3 Å². The number of epoxide rings is 1. The van der Waals surface area contributed by atoms with Crippen molar-refractivity contribution < 1.29 is 24.1 Å². The standard InChI is InChI=1S/C11H18O5/c1-10-8(16-10)4-7(14-2)5-11(10,13)6-9(12)15-3/h7-8,13H,4-6H2,1-3H3/t7?,8?,10-,11-/m1/s1. The van der Waals surface area contributed by atoms with Gasteiger partial charge in [0.25, 0.3) is 0 Å². The molecule has 2 unspecified atom stereocenters. The summed E-state index contributed by atoms with van der Waals surface area (Å²) < 4.78 is 15.4. The average Bonchev–Trinajstić information content (AvgIpc) is 2.90. The molecule has 2 rings (SSSR count). The SMILES string of the molecule is COC(=O)C[C@]1(O)CC(OC)CC2O[C@]21C. The van der Waals surface area contributed by atoms with Crippen molar-refractivity contribution in [2.45, 2.75) is 49.6 Å². The minimum Gasteiger partial charge on any atom is -0.469 e. The van der Waals surface area contributed by atoms with Gasteiger partial charge in [-0.15, -0.1) is 0 Å². The first-order chi connectivity index (χ1) is 7.45. The number of fused-ring (bicyclic) bond motifs is 1. The Morgan fingerprint density at radius 3 is 2.81 bits per heavy atom. The predicted molar refractivity (Wildman–Crippen MR) is 54.9 cm³/mol. The molecule has 0 aromatic carbocycles. The number of aliphatic hydroxyl groups is 1. The molecule has 16 heavy (non-hydrogen) atoms. The van der Waals surface area contributed by atoms with Crippen LogP contribution in [0, 0.1) is 0 Å². The lowest BCUT2D eigenvalue weighted by Crippen LogP contribution is -2.52. The van der Waals surface area contributed by atoms with Crippen molar-refractivity contribution in [2.24, 2.45) is 0 Å². The summed E-state index contributed by atoms with van der Waals surface area (Å²) in [6.45, 7) is 1.84. The van der Waals surface area contributed by atoms with Crippen LogP contribution in [0.3, 0.4) is 0 Å². The van der Waals surface area contributed by atoms with Gasteiger partial charge in [0, 0.05) is 20.0 Å². The summed E-state index contributed by atoms with van der Waals surface area (Å²) in [7, 11) is 2.92. The Kier molecular flexibility index (Phi) is 2.72. The summed E-state index contributed by atoms with van der Waals surface area (Å²) >= 11 is 0. The minimum atomic E-state index is -1.18. The van der Waals surface area contributed by atoms with Crippen LogP contribution in [0.1, 0.15) is 26.2 Å². The van der Waals surface area contributed by atoms with Crippen LogP contribution in [-0.2, 0) is 19.0 Å². The first kappa shape index (κ1) is 11.8. The fraction of sp³-hybridized carbons (Fsp3) is 0.909. The van der Waals surface area contributed by atoms with Crippen LogP contribution in [0.2, 0.25) is 0 Å². The topological polar surface area (TPSA) is 68.3 Å². The van der Waals surface area contributed by atoms with Gasteiger partial charge in [0.15, 0.2) is 0 Å². The molecule has 5 heteroatoms. The molecule has 0 aromatic rings. The third-order valence-corrected chi connectivity index (χ3v) is 3.91. The van der Waals surface area contributed by atoms with Crippen LogP contribution < -0.4 is 0 Å². The van der Waals surface area contributed by atoms with Crippen LogP contribution in [0.5, 0.6) is 0 Å². The lowest BCUT2D eigenvalue weighted by molar-refractivity contribution is -0.153. The molecule has 1 saturated carbocycles. The molecular weight excluding hydrogens is 212 g/mol. The zero-order chi connectivity index (χ0) is 12.0. The van der Waals surface area contributed by atoms with E-state index in [1.807, 2.05) is 6.92 Å². The van der Waals surface area contributed by atoms with Crippen LogP contribution >= 0.6 is 0 Å². The van der Waals surface area contributed by atoms with Gasteiger partial charge in [0.2, 0.25) is 0 Å². The zero-order valence-corrected chi connectivity index (χ0v) is 9.86.